The number of amides is 2. The number of fused-ring (bicyclic) bond motifs is 2. The minimum Gasteiger partial charge on any atom is -0.351 e. The van der Waals surface area contributed by atoms with Gasteiger partial charge in [0.2, 0.25) is 0 Å². The number of para-hydroxylation sites is 1. The number of nitrogens with zero attached hydrogens (tertiary/aromatic N) is 2. The number of piperidine rings is 1. The highest BCUT2D eigenvalue weighted by molar-refractivity contribution is 5.95. The number of carbonyl (C=O) groups is 1. The Hall–Kier alpha value is -1.59. The summed E-state index contributed by atoms with van der Waals surface area (Å²) in [5.41, 5.74) is 7.90. The maximum atomic E-state index is 12.0. The molecule has 5 nitrogen and oxygen atoms in total. The molecule has 0 radical (unpaired) electrons. The molecule has 2 aliphatic heterocycles. The fraction of sp³-hybridized carbons (Fsp3) is 0.533. The summed E-state index contributed by atoms with van der Waals surface area (Å²) in [5.74, 6) is 0. The normalized spacial score (nSPS) is 24.1. The van der Waals surface area contributed by atoms with Gasteiger partial charge in [0, 0.05) is 5.41 Å². The second-order valence-corrected chi connectivity index (χ2v) is 5.97. The molecule has 2 aliphatic rings. The summed E-state index contributed by atoms with van der Waals surface area (Å²) in [7, 11) is 4.05. The monoisotopic (exact) mass is 274 g/mol. The number of carbonyl (C=O) groups excluding carboxylic acids is 1. The largest absolute Gasteiger partial charge is 0.351 e. The van der Waals surface area contributed by atoms with Crippen molar-refractivity contribution in [1.82, 2.24) is 10.2 Å². The predicted molar refractivity (Wildman–Crippen MR) is 79.8 cm³/mol. The molecule has 3 N–H and O–H groups in total. The lowest BCUT2D eigenvalue weighted by molar-refractivity contribution is 0.149. The van der Waals surface area contributed by atoms with Gasteiger partial charge in [0.15, 0.2) is 0 Å². The van der Waals surface area contributed by atoms with Gasteiger partial charge in [0.1, 0.15) is 6.17 Å². The molecule has 2 amide bonds. The minimum atomic E-state index is -0.369. The highest BCUT2D eigenvalue weighted by atomic mass is 16.2. The summed E-state index contributed by atoms with van der Waals surface area (Å²) < 4.78 is 0. The number of benzene rings is 1. The van der Waals surface area contributed by atoms with Crippen molar-refractivity contribution in [3.05, 3.63) is 29.8 Å². The molecule has 1 aromatic carbocycles. The fourth-order valence-electron chi connectivity index (χ4n) is 3.99. The highest BCUT2D eigenvalue weighted by Gasteiger charge is 2.53. The molecule has 1 atom stereocenters. The van der Waals surface area contributed by atoms with E-state index in [-0.39, 0.29) is 17.6 Å². The molecule has 3 rings (SSSR count). The van der Waals surface area contributed by atoms with Crippen molar-refractivity contribution in [2.24, 2.45) is 5.73 Å². The Morgan fingerprint density at radius 1 is 1.35 bits per heavy atom. The lowest BCUT2D eigenvalue weighted by Crippen LogP contribution is -2.59. The van der Waals surface area contributed by atoms with E-state index < -0.39 is 0 Å². The van der Waals surface area contributed by atoms with E-state index in [0.29, 0.717) is 0 Å². The van der Waals surface area contributed by atoms with Crippen molar-refractivity contribution < 1.29 is 4.79 Å². The van der Waals surface area contributed by atoms with E-state index in [1.165, 1.54) is 5.56 Å². The van der Waals surface area contributed by atoms with Gasteiger partial charge in [0.25, 0.3) is 0 Å². The average Bonchev–Trinajstić information content (AvgIpc) is 2.71. The summed E-state index contributed by atoms with van der Waals surface area (Å²) in [4.78, 5) is 15.9. The quantitative estimate of drug-likeness (QED) is 0.806. The maximum absolute atomic E-state index is 12.0. The van der Waals surface area contributed by atoms with Crippen LogP contribution < -0.4 is 16.0 Å². The topological polar surface area (TPSA) is 61.6 Å². The third-order valence-corrected chi connectivity index (χ3v) is 4.66. The van der Waals surface area contributed by atoms with Crippen LogP contribution in [-0.4, -0.2) is 44.3 Å². The van der Waals surface area contributed by atoms with Gasteiger partial charge in [-0.25, -0.2) is 4.79 Å². The number of likely N-dealkylation sites (N-methyl/N-ethyl adjacent to an activating group) is 1. The van der Waals surface area contributed by atoms with Crippen molar-refractivity contribution in [1.29, 1.82) is 0 Å². The van der Waals surface area contributed by atoms with E-state index in [9.17, 15) is 4.79 Å². The Bertz CT molecular complexity index is 522. The van der Waals surface area contributed by atoms with Crippen molar-refractivity contribution in [2.45, 2.75) is 24.4 Å². The summed E-state index contributed by atoms with van der Waals surface area (Å²) in [5, 5.41) is 3.42. The van der Waals surface area contributed by atoms with Gasteiger partial charge in [-0.3, -0.25) is 9.80 Å². The van der Waals surface area contributed by atoms with Crippen LogP contribution in [0.2, 0.25) is 0 Å². The zero-order valence-electron chi connectivity index (χ0n) is 12.1. The van der Waals surface area contributed by atoms with Gasteiger partial charge in [-0.15, -0.1) is 0 Å². The molecule has 5 heteroatoms. The van der Waals surface area contributed by atoms with Gasteiger partial charge in [0.05, 0.1) is 5.69 Å². The number of rotatable bonds is 1. The van der Waals surface area contributed by atoms with Gasteiger partial charge in [-0.1, -0.05) is 18.2 Å². The Labute approximate surface area is 119 Å². The van der Waals surface area contributed by atoms with Crippen LogP contribution in [0.25, 0.3) is 0 Å². The minimum absolute atomic E-state index is 0.000463. The maximum Gasteiger partial charge on any atom is 0.320 e. The SMILES string of the molecule is CN(C)C1N(C(N)=O)c2ccccc2C12CCNCC2. The number of hydrogen-bond donors (Lipinski definition) is 2. The van der Waals surface area contributed by atoms with E-state index in [2.05, 4.69) is 22.3 Å². The summed E-state index contributed by atoms with van der Waals surface area (Å²) in [6.45, 7) is 1.95. The first-order valence-corrected chi connectivity index (χ1v) is 7.13. The number of primary amides is 1. The van der Waals surface area contributed by atoms with Crippen LogP contribution in [0.3, 0.4) is 0 Å². The van der Waals surface area contributed by atoms with Gasteiger partial charge in [-0.2, -0.15) is 0 Å². The molecule has 1 saturated heterocycles. The molecule has 2 heterocycles. The number of anilines is 1. The van der Waals surface area contributed by atoms with Crippen molar-refractivity contribution in [3.8, 4) is 0 Å². The second-order valence-electron chi connectivity index (χ2n) is 5.97. The van der Waals surface area contributed by atoms with Crippen LogP contribution >= 0.6 is 0 Å². The first-order valence-electron chi connectivity index (χ1n) is 7.13. The Balaban J connectivity index is 2.18. The first-order chi connectivity index (χ1) is 9.58. The smallest absolute Gasteiger partial charge is 0.320 e. The zero-order chi connectivity index (χ0) is 14.3. The van der Waals surface area contributed by atoms with E-state index >= 15 is 0 Å². The molecule has 1 spiro atoms. The van der Waals surface area contributed by atoms with E-state index in [0.717, 1.165) is 31.6 Å². The van der Waals surface area contributed by atoms with Crippen LogP contribution in [0.1, 0.15) is 18.4 Å². The molecule has 108 valence electrons. The molecule has 0 saturated carbocycles. The lowest BCUT2D eigenvalue weighted by atomic mass is 9.72. The summed E-state index contributed by atoms with van der Waals surface area (Å²) in [6.07, 6.45) is 2.05. The summed E-state index contributed by atoms with van der Waals surface area (Å²) in [6, 6.07) is 7.82. The van der Waals surface area contributed by atoms with Gasteiger partial charge >= 0.3 is 6.03 Å². The summed E-state index contributed by atoms with van der Waals surface area (Å²) >= 11 is 0. The predicted octanol–water partition coefficient (Wildman–Crippen LogP) is 1.09. The number of nitrogens with two attached hydrogens (primary N) is 1. The van der Waals surface area contributed by atoms with Crippen molar-refractivity contribution in [2.75, 3.05) is 32.1 Å². The van der Waals surface area contributed by atoms with Crippen LogP contribution in [0, 0.1) is 0 Å². The molecule has 1 unspecified atom stereocenters. The van der Waals surface area contributed by atoms with Gasteiger partial charge < -0.3 is 11.1 Å². The standard InChI is InChI=1S/C15H22N4O/c1-18(2)13-15(7-9-17-10-8-15)11-5-3-4-6-12(11)19(13)14(16)20/h3-6,13,17H,7-10H2,1-2H3,(H2,16,20). The van der Waals surface area contributed by atoms with E-state index in [1.807, 2.05) is 26.2 Å². The fourth-order valence-corrected chi connectivity index (χ4v) is 3.99. The first kappa shape index (κ1) is 13.4. The Kier molecular flexibility index (Phi) is 3.18. The number of urea groups is 1. The zero-order valence-corrected chi connectivity index (χ0v) is 12.1. The molecular formula is C15H22N4O. The molecule has 0 aromatic heterocycles. The molecule has 20 heavy (non-hydrogen) atoms. The lowest BCUT2D eigenvalue weighted by Gasteiger charge is -2.44. The van der Waals surface area contributed by atoms with E-state index in [4.69, 9.17) is 5.73 Å². The van der Waals surface area contributed by atoms with Crippen LogP contribution in [0.5, 0.6) is 0 Å². The second kappa shape index (κ2) is 4.75. The third-order valence-electron chi connectivity index (χ3n) is 4.66. The van der Waals surface area contributed by atoms with Crippen molar-refractivity contribution in [3.63, 3.8) is 0 Å². The third kappa shape index (κ3) is 1.73. The molecule has 0 bridgehead atoms. The molecule has 1 aromatic rings. The highest BCUT2D eigenvalue weighted by Crippen LogP contribution is 2.50. The van der Waals surface area contributed by atoms with Crippen LogP contribution in [0.15, 0.2) is 24.3 Å². The average molecular weight is 274 g/mol. The Morgan fingerprint density at radius 3 is 2.60 bits per heavy atom. The van der Waals surface area contributed by atoms with Crippen molar-refractivity contribution >= 4 is 11.7 Å². The van der Waals surface area contributed by atoms with E-state index in [1.54, 1.807) is 4.90 Å². The Morgan fingerprint density at radius 2 is 2.00 bits per heavy atom. The van der Waals surface area contributed by atoms with Crippen LogP contribution in [0.4, 0.5) is 10.5 Å². The number of nitrogens with one attached hydrogen (secondary N) is 1. The van der Waals surface area contributed by atoms with Gasteiger partial charge in [-0.05, 0) is 51.7 Å². The molecular weight excluding hydrogens is 252 g/mol. The molecule has 1 fully saturated rings. The van der Waals surface area contributed by atoms with Crippen LogP contribution in [-0.2, 0) is 5.41 Å². The molecule has 0 aliphatic carbocycles. The number of hydrogen-bond acceptors (Lipinski definition) is 3.